The molecule has 16 heavy (non-hydrogen) atoms. The fourth-order valence-electron chi connectivity index (χ4n) is 1.58. The molecular weight excluding hydrogens is 212 g/mol. The summed E-state index contributed by atoms with van der Waals surface area (Å²) in [5, 5.41) is 2.63. The molecule has 1 rings (SSSR count). The molecule has 1 aliphatic rings. The van der Waals surface area contributed by atoms with E-state index >= 15 is 0 Å². The second kappa shape index (κ2) is 6.44. The molecule has 1 saturated heterocycles. The molecule has 6 heteroatoms. The number of amides is 1. The van der Waals surface area contributed by atoms with Crippen LogP contribution in [0, 0.1) is 0 Å². The van der Waals surface area contributed by atoms with E-state index < -0.39 is 6.10 Å². The molecule has 2 atom stereocenters. The summed E-state index contributed by atoms with van der Waals surface area (Å²) in [5.74, 6) is -0.521. The van der Waals surface area contributed by atoms with Crippen LogP contribution in [-0.4, -0.2) is 44.3 Å². The molecule has 0 aromatic rings. The molecule has 2 unspecified atom stereocenters. The van der Waals surface area contributed by atoms with Crippen LogP contribution in [0.1, 0.15) is 19.3 Å². The van der Waals surface area contributed by atoms with Crippen LogP contribution < -0.4 is 11.1 Å². The predicted octanol–water partition coefficient (Wildman–Crippen LogP) is -0.828. The summed E-state index contributed by atoms with van der Waals surface area (Å²) in [5.41, 5.74) is 5.44. The Morgan fingerprint density at radius 3 is 2.81 bits per heavy atom. The number of carbonyl (C=O) groups excluding carboxylic acids is 2. The molecule has 0 bridgehead atoms. The average Bonchev–Trinajstić information content (AvgIpc) is 2.77. The normalized spacial score (nSPS) is 24.1. The van der Waals surface area contributed by atoms with Crippen LogP contribution in [-0.2, 0) is 19.1 Å². The van der Waals surface area contributed by atoms with E-state index in [-0.39, 0.29) is 30.9 Å². The number of ether oxygens (including phenoxy) is 2. The minimum absolute atomic E-state index is 0.0173. The number of esters is 1. The topological polar surface area (TPSA) is 90.7 Å². The van der Waals surface area contributed by atoms with E-state index in [1.54, 1.807) is 0 Å². The van der Waals surface area contributed by atoms with Gasteiger partial charge in [0.25, 0.3) is 0 Å². The van der Waals surface area contributed by atoms with Crippen LogP contribution in [0.2, 0.25) is 0 Å². The van der Waals surface area contributed by atoms with Crippen molar-refractivity contribution in [3.63, 3.8) is 0 Å². The van der Waals surface area contributed by atoms with Crippen LogP contribution in [0.15, 0.2) is 0 Å². The van der Waals surface area contributed by atoms with E-state index in [4.69, 9.17) is 10.5 Å². The van der Waals surface area contributed by atoms with Crippen molar-refractivity contribution in [2.24, 2.45) is 5.73 Å². The Morgan fingerprint density at radius 2 is 2.25 bits per heavy atom. The summed E-state index contributed by atoms with van der Waals surface area (Å²) >= 11 is 0. The highest BCUT2D eigenvalue weighted by Crippen LogP contribution is 2.18. The molecule has 6 nitrogen and oxygen atoms in total. The number of hydrogen-bond acceptors (Lipinski definition) is 5. The third-order valence-corrected chi connectivity index (χ3v) is 2.52. The molecule has 1 fully saturated rings. The van der Waals surface area contributed by atoms with E-state index in [0.29, 0.717) is 13.0 Å². The van der Waals surface area contributed by atoms with Gasteiger partial charge in [-0.25, -0.2) is 0 Å². The SMILES string of the molecule is COC(=O)CCNC(=O)C1CCC(CN)O1. The molecule has 0 spiro atoms. The van der Waals surface area contributed by atoms with Gasteiger partial charge in [-0.2, -0.15) is 0 Å². The summed E-state index contributed by atoms with van der Waals surface area (Å²) < 4.78 is 9.86. The molecule has 92 valence electrons. The van der Waals surface area contributed by atoms with Crippen LogP contribution in [0.5, 0.6) is 0 Å². The van der Waals surface area contributed by atoms with E-state index in [9.17, 15) is 9.59 Å². The monoisotopic (exact) mass is 230 g/mol. The van der Waals surface area contributed by atoms with Gasteiger partial charge in [0.2, 0.25) is 5.91 Å². The van der Waals surface area contributed by atoms with E-state index in [1.807, 2.05) is 0 Å². The molecule has 0 aromatic carbocycles. The molecule has 1 amide bonds. The predicted molar refractivity (Wildman–Crippen MR) is 56.6 cm³/mol. The molecule has 0 saturated carbocycles. The molecule has 0 radical (unpaired) electrons. The zero-order chi connectivity index (χ0) is 12.0. The number of methoxy groups -OCH3 is 1. The Morgan fingerprint density at radius 1 is 1.50 bits per heavy atom. The zero-order valence-corrected chi connectivity index (χ0v) is 9.40. The minimum Gasteiger partial charge on any atom is -0.469 e. The van der Waals surface area contributed by atoms with E-state index in [2.05, 4.69) is 10.1 Å². The van der Waals surface area contributed by atoms with Gasteiger partial charge in [0.05, 0.1) is 19.6 Å². The lowest BCUT2D eigenvalue weighted by atomic mass is 10.2. The van der Waals surface area contributed by atoms with Gasteiger partial charge in [0.15, 0.2) is 0 Å². The highest BCUT2D eigenvalue weighted by molar-refractivity contribution is 5.81. The summed E-state index contributed by atoms with van der Waals surface area (Å²) in [6, 6.07) is 0. The number of nitrogens with two attached hydrogens (primary N) is 1. The molecule has 0 aromatic heterocycles. The second-order valence-electron chi connectivity index (χ2n) is 3.68. The molecule has 1 heterocycles. The first kappa shape index (κ1) is 12.9. The molecule has 1 aliphatic heterocycles. The Kier molecular flexibility index (Phi) is 5.21. The highest BCUT2D eigenvalue weighted by atomic mass is 16.5. The molecule has 3 N–H and O–H groups in total. The summed E-state index contributed by atoms with van der Waals surface area (Å²) in [4.78, 5) is 22.3. The van der Waals surface area contributed by atoms with Crippen molar-refractivity contribution < 1.29 is 19.1 Å². The summed E-state index contributed by atoms with van der Waals surface area (Å²) in [6.45, 7) is 0.713. The number of hydrogen-bond donors (Lipinski definition) is 2. The first-order chi connectivity index (χ1) is 7.67. The van der Waals surface area contributed by atoms with Crippen LogP contribution in [0.25, 0.3) is 0 Å². The smallest absolute Gasteiger partial charge is 0.307 e. The van der Waals surface area contributed by atoms with Crippen molar-refractivity contribution in [1.82, 2.24) is 5.32 Å². The average molecular weight is 230 g/mol. The number of carbonyl (C=O) groups is 2. The maximum atomic E-state index is 11.5. The van der Waals surface area contributed by atoms with Gasteiger partial charge in [0.1, 0.15) is 6.10 Å². The first-order valence-corrected chi connectivity index (χ1v) is 5.37. The van der Waals surface area contributed by atoms with E-state index in [0.717, 1.165) is 6.42 Å². The second-order valence-corrected chi connectivity index (χ2v) is 3.68. The quantitative estimate of drug-likeness (QED) is 0.602. The third-order valence-electron chi connectivity index (χ3n) is 2.52. The Balaban J connectivity index is 2.18. The number of rotatable bonds is 5. The fraction of sp³-hybridized carbons (Fsp3) is 0.800. The Bertz CT molecular complexity index is 257. The van der Waals surface area contributed by atoms with Crippen molar-refractivity contribution in [3.05, 3.63) is 0 Å². The van der Waals surface area contributed by atoms with Crippen LogP contribution in [0.4, 0.5) is 0 Å². The van der Waals surface area contributed by atoms with Gasteiger partial charge >= 0.3 is 5.97 Å². The maximum absolute atomic E-state index is 11.5. The van der Waals surface area contributed by atoms with Crippen molar-refractivity contribution in [3.8, 4) is 0 Å². The van der Waals surface area contributed by atoms with Gasteiger partial charge in [-0.1, -0.05) is 0 Å². The first-order valence-electron chi connectivity index (χ1n) is 5.37. The van der Waals surface area contributed by atoms with Gasteiger partial charge < -0.3 is 20.5 Å². The van der Waals surface area contributed by atoms with Crippen molar-refractivity contribution >= 4 is 11.9 Å². The lowest BCUT2D eigenvalue weighted by Gasteiger charge is -2.12. The minimum atomic E-state index is -0.425. The molecular formula is C10H18N2O4. The van der Waals surface area contributed by atoms with Crippen molar-refractivity contribution in [2.45, 2.75) is 31.5 Å². The van der Waals surface area contributed by atoms with Crippen LogP contribution in [0.3, 0.4) is 0 Å². The van der Waals surface area contributed by atoms with E-state index in [1.165, 1.54) is 7.11 Å². The number of nitrogens with one attached hydrogen (secondary N) is 1. The largest absolute Gasteiger partial charge is 0.469 e. The fourth-order valence-corrected chi connectivity index (χ4v) is 1.58. The third kappa shape index (κ3) is 3.79. The van der Waals surface area contributed by atoms with Gasteiger partial charge in [-0.3, -0.25) is 9.59 Å². The van der Waals surface area contributed by atoms with Crippen LogP contribution >= 0.6 is 0 Å². The Labute approximate surface area is 94.5 Å². The maximum Gasteiger partial charge on any atom is 0.307 e. The standard InChI is InChI=1S/C10H18N2O4/c1-15-9(13)4-5-12-10(14)8-3-2-7(6-11)16-8/h7-8H,2-6,11H2,1H3,(H,12,14). The van der Waals surface area contributed by atoms with Gasteiger partial charge in [-0.15, -0.1) is 0 Å². The van der Waals surface area contributed by atoms with Gasteiger partial charge in [0, 0.05) is 13.1 Å². The molecule has 0 aliphatic carbocycles. The highest BCUT2D eigenvalue weighted by Gasteiger charge is 2.29. The van der Waals surface area contributed by atoms with Crippen molar-refractivity contribution in [1.29, 1.82) is 0 Å². The zero-order valence-electron chi connectivity index (χ0n) is 9.40. The lowest BCUT2D eigenvalue weighted by molar-refractivity contribution is -0.140. The van der Waals surface area contributed by atoms with Gasteiger partial charge in [-0.05, 0) is 12.8 Å². The summed E-state index contributed by atoms with van der Waals surface area (Å²) in [6.07, 6.45) is 1.23. The van der Waals surface area contributed by atoms with Crippen molar-refractivity contribution in [2.75, 3.05) is 20.2 Å². The Hall–Kier alpha value is -1.14. The summed E-state index contributed by atoms with van der Waals surface area (Å²) in [7, 11) is 1.32. The lowest BCUT2D eigenvalue weighted by Crippen LogP contribution is -2.36.